The molecule has 0 amide bonds. The Kier molecular flexibility index (Phi) is 6.49. The molecule has 0 aromatic carbocycles. The molecule has 0 spiro atoms. The van der Waals surface area contributed by atoms with Gasteiger partial charge in [0, 0.05) is 87.6 Å². The molecule has 0 atom stereocenters. The molecule has 0 bridgehead atoms. The Balaban J connectivity index is 1.37. The van der Waals surface area contributed by atoms with Crippen LogP contribution in [-0.2, 0) is 7.05 Å². The van der Waals surface area contributed by atoms with Crippen molar-refractivity contribution in [2.45, 2.75) is 19.9 Å². The highest BCUT2D eigenvalue weighted by Gasteiger charge is 2.19. The Morgan fingerprint density at radius 3 is 2.57 bits per heavy atom. The fourth-order valence-electron chi connectivity index (χ4n) is 4.58. The van der Waals surface area contributed by atoms with E-state index in [1.165, 1.54) is 0 Å². The largest absolute Gasteiger partial charge is 0.354 e. The van der Waals surface area contributed by atoms with Gasteiger partial charge in [-0.1, -0.05) is 13.8 Å². The van der Waals surface area contributed by atoms with Gasteiger partial charge in [-0.05, 0) is 24.3 Å². The molecule has 4 aromatic rings. The number of fused-ring (bicyclic) bond motifs is 1. The number of hydrogen-bond donors (Lipinski definition) is 1. The maximum atomic E-state index is 9.65. The van der Waals surface area contributed by atoms with Crippen molar-refractivity contribution in [3.05, 3.63) is 54.6 Å². The number of aryl methyl sites for hydroxylation is 1. The van der Waals surface area contributed by atoms with E-state index < -0.39 is 0 Å². The molecular formula is C26H31N9. The number of nitrogens with one attached hydrogen (secondary N) is 1. The molecule has 1 N–H and O–H groups in total. The summed E-state index contributed by atoms with van der Waals surface area (Å²) in [6.45, 7) is 10.5. The molecule has 35 heavy (non-hydrogen) atoms. The lowest BCUT2D eigenvalue weighted by Crippen LogP contribution is -2.48. The fraction of sp³-hybridized carbons (Fsp3) is 0.385. The van der Waals surface area contributed by atoms with E-state index >= 15 is 0 Å². The highest BCUT2D eigenvalue weighted by molar-refractivity contribution is 5.87. The van der Waals surface area contributed by atoms with Crippen molar-refractivity contribution >= 4 is 11.3 Å². The summed E-state index contributed by atoms with van der Waals surface area (Å²) in [4.78, 5) is 9.65. The molecule has 1 aliphatic heterocycles. The van der Waals surface area contributed by atoms with Crippen LogP contribution >= 0.6 is 0 Å². The predicted octanol–water partition coefficient (Wildman–Crippen LogP) is 2.79. The van der Waals surface area contributed by atoms with Gasteiger partial charge in [-0.2, -0.15) is 15.5 Å². The Morgan fingerprint density at radius 1 is 1.09 bits per heavy atom. The van der Waals surface area contributed by atoms with Crippen molar-refractivity contribution in [2.24, 2.45) is 7.05 Å². The average Bonchev–Trinajstić information content (AvgIpc) is 3.50. The van der Waals surface area contributed by atoms with E-state index in [4.69, 9.17) is 4.98 Å². The van der Waals surface area contributed by atoms with Gasteiger partial charge in [0.15, 0.2) is 0 Å². The van der Waals surface area contributed by atoms with Crippen LogP contribution in [0.5, 0.6) is 0 Å². The lowest BCUT2D eigenvalue weighted by atomic mass is 10.0. The summed E-state index contributed by atoms with van der Waals surface area (Å²) in [6.07, 6.45) is 7.35. The van der Waals surface area contributed by atoms with Gasteiger partial charge in [0.2, 0.25) is 0 Å². The maximum Gasteiger partial charge on any atom is 0.128 e. The molecule has 0 radical (unpaired) electrons. The lowest BCUT2D eigenvalue weighted by Gasteiger charge is -2.35. The first-order valence-electron chi connectivity index (χ1n) is 12.1. The second-order valence-corrected chi connectivity index (χ2v) is 9.32. The third kappa shape index (κ3) is 4.90. The monoisotopic (exact) mass is 469 g/mol. The van der Waals surface area contributed by atoms with Crippen LogP contribution in [0, 0.1) is 11.3 Å². The Bertz CT molecular complexity index is 1340. The van der Waals surface area contributed by atoms with Crippen molar-refractivity contribution in [3.8, 4) is 28.5 Å². The summed E-state index contributed by atoms with van der Waals surface area (Å²) >= 11 is 0. The van der Waals surface area contributed by atoms with Crippen LogP contribution in [0.4, 0.5) is 5.82 Å². The summed E-state index contributed by atoms with van der Waals surface area (Å²) in [5.41, 5.74) is 4.99. The van der Waals surface area contributed by atoms with Crippen molar-refractivity contribution < 1.29 is 0 Å². The third-order valence-corrected chi connectivity index (χ3v) is 6.48. The molecule has 1 saturated heterocycles. The van der Waals surface area contributed by atoms with Gasteiger partial charge >= 0.3 is 0 Å². The summed E-state index contributed by atoms with van der Waals surface area (Å²) in [5, 5.41) is 22.1. The smallest absolute Gasteiger partial charge is 0.128 e. The number of piperazine rings is 1. The van der Waals surface area contributed by atoms with Gasteiger partial charge in [-0.25, -0.2) is 9.50 Å². The second kappa shape index (κ2) is 9.86. The average molecular weight is 470 g/mol. The predicted molar refractivity (Wildman–Crippen MR) is 137 cm³/mol. The molecule has 1 fully saturated rings. The van der Waals surface area contributed by atoms with E-state index in [0.717, 1.165) is 73.0 Å². The van der Waals surface area contributed by atoms with Gasteiger partial charge in [-0.15, -0.1) is 0 Å². The van der Waals surface area contributed by atoms with Crippen LogP contribution in [0.25, 0.3) is 27.9 Å². The highest BCUT2D eigenvalue weighted by Crippen LogP contribution is 2.32. The summed E-state index contributed by atoms with van der Waals surface area (Å²) in [7, 11) is 1.90. The molecule has 9 nitrogen and oxygen atoms in total. The minimum atomic E-state index is 0.525. The van der Waals surface area contributed by atoms with E-state index in [1.807, 2.05) is 31.7 Å². The van der Waals surface area contributed by atoms with Gasteiger partial charge in [0.1, 0.15) is 11.9 Å². The van der Waals surface area contributed by atoms with Crippen molar-refractivity contribution in [1.29, 1.82) is 5.26 Å². The van der Waals surface area contributed by atoms with Crippen molar-refractivity contribution in [1.82, 2.24) is 34.6 Å². The SMILES string of the molecule is CC(C)NCCN1CCN(c2ccc(-c3cc(-c4ccn(C)n4)cn4ncc(C#N)c34)cn2)CC1. The minimum Gasteiger partial charge on any atom is -0.354 e. The standard InChI is InChI=1S/C26H31N9/c1-19(2)28-7-9-33-10-12-34(13-11-33)25-5-4-20(16-29-25)23-14-21(24-6-8-32(3)31-24)18-35-26(23)22(15-27)17-30-35/h4-6,8,14,16-19,28H,7,9-13H2,1-3H3. The molecule has 4 aromatic heterocycles. The van der Waals surface area contributed by atoms with Crippen LogP contribution in [-0.4, -0.2) is 74.6 Å². The van der Waals surface area contributed by atoms with E-state index in [-0.39, 0.29) is 0 Å². The minimum absolute atomic E-state index is 0.525. The molecule has 9 heteroatoms. The zero-order valence-electron chi connectivity index (χ0n) is 20.5. The first-order valence-corrected chi connectivity index (χ1v) is 12.1. The highest BCUT2D eigenvalue weighted by atomic mass is 15.3. The summed E-state index contributed by atoms with van der Waals surface area (Å²) in [5.74, 6) is 0.986. The van der Waals surface area contributed by atoms with Gasteiger partial charge < -0.3 is 10.2 Å². The zero-order chi connectivity index (χ0) is 24.4. The molecule has 180 valence electrons. The number of nitrogens with zero attached hydrogens (tertiary/aromatic N) is 8. The van der Waals surface area contributed by atoms with Crippen molar-refractivity contribution in [2.75, 3.05) is 44.2 Å². The molecule has 1 aliphatic rings. The van der Waals surface area contributed by atoms with Crippen LogP contribution in [0.3, 0.4) is 0 Å². The summed E-state index contributed by atoms with van der Waals surface area (Å²) in [6, 6.07) is 11.0. The molecule has 5 heterocycles. The van der Waals surface area contributed by atoms with E-state index in [1.54, 1.807) is 15.4 Å². The lowest BCUT2D eigenvalue weighted by molar-refractivity contribution is 0.255. The van der Waals surface area contributed by atoms with Crippen molar-refractivity contribution in [3.63, 3.8) is 0 Å². The van der Waals surface area contributed by atoms with Gasteiger partial charge in [0.05, 0.1) is 23.0 Å². The summed E-state index contributed by atoms with van der Waals surface area (Å²) < 4.78 is 3.54. The number of rotatable bonds is 7. The number of nitriles is 1. The molecular weight excluding hydrogens is 438 g/mol. The number of hydrogen-bond acceptors (Lipinski definition) is 7. The number of anilines is 1. The van der Waals surface area contributed by atoms with Crippen LogP contribution in [0.2, 0.25) is 0 Å². The fourth-order valence-corrected chi connectivity index (χ4v) is 4.58. The van der Waals surface area contributed by atoms with E-state index in [9.17, 15) is 5.26 Å². The topological polar surface area (TPSA) is 90.3 Å². The Labute approximate surface area is 205 Å². The molecule has 0 aliphatic carbocycles. The van der Waals surface area contributed by atoms with Gasteiger partial charge in [-0.3, -0.25) is 9.58 Å². The molecule has 0 saturated carbocycles. The first kappa shape index (κ1) is 23.0. The molecule has 5 rings (SSSR count). The third-order valence-electron chi connectivity index (χ3n) is 6.48. The first-order chi connectivity index (χ1) is 17.0. The number of aromatic nitrogens is 5. The van der Waals surface area contributed by atoms with E-state index in [0.29, 0.717) is 11.6 Å². The quantitative estimate of drug-likeness (QED) is 0.445. The Morgan fingerprint density at radius 2 is 1.91 bits per heavy atom. The van der Waals surface area contributed by atoms with E-state index in [2.05, 4.69) is 63.4 Å². The van der Waals surface area contributed by atoms with Crippen LogP contribution < -0.4 is 10.2 Å². The van der Waals surface area contributed by atoms with Crippen LogP contribution in [0.15, 0.2) is 49.1 Å². The zero-order valence-corrected chi connectivity index (χ0v) is 20.5. The van der Waals surface area contributed by atoms with Crippen LogP contribution in [0.1, 0.15) is 19.4 Å². The normalized spacial score (nSPS) is 14.7. The molecule has 0 unspecified atom stereocenters. The maximum absolute atomic E-state index is 9.65. The van der Waals surface area contributed by atoms with Gasteiger partial charge in [0.25, 0.3) is 0 Å². The number of pyridine rings is 2. The Hall–Kier alpha value is -3.74. The second-order valence-electron chi connectivity index (χ2n) is 9.32.